The lowest BCUT2D eigenvalue weighted by Crippen LogP contribution is -2.38. The summed E-state index contributed by atoms with van der Waals surface area (Å²) in [4.78, 5) is 8.66. The van der Waals surface area contributed by atoms with Gasteiger partial charge in [0, 0.05) is 20.1 Å². The highest BCUT2D eigenvalue weighted by Crippen LogP contribution is 2.16. The summed E-state index contributed by atoms with van der Waals surface area (Å²) in [5.41, 5.74) is 0.327. The molecule has 0 saturated carbocycles. The second kappa shape index (κ2) is 9.15. The zero-order valence-corrected chi connectivity index (χ0v) is 15.4. The molecule has 1 aromatic rings. The van der Waals surface area contributed by atoms with E-state index >= 15 is 0 Å². The molecule has 20 heavy (non-hydrogen) atoms. The molecular formula is C13H27IN6. The molecule has 1 heterocycles. The molecule has 0 aliphatic heterocycles. The van der Waals surface area contributed by atoms with Crippen LogP contribution in [0.4, 0.5) is 0 Å². The van der Waals surface area contributed by atoms with Crippen molar-refractivity contribution in [2.75, 3.05) is 13.1 Å². The quantitative estimate of drug-likeness (QED) is 0.455. The highest BCUT2D eigenvalue weighted by Gasteiger charge is 2.09. The third-order valence-corrected chi connectivity index (χ3v) is 2.70. The van der Waals surface area contributed by atoms with E-state index in [1.165, 1.54) is 0 Å². The van der Waals surface area contributed by atoms with Gasteiger partial charge in [-0.25, -0.2) is 9.98 Å². The number of aliphatic imine (C=N–C) groups is 1. The number of rotatable bonds is 5. The Balaban J connectivity index is 0.00000361. The zero-order valence-electron chi connectivity index (χ0n) is 13.1. The predicted octanol–water partition coefficient (Wildman–Crippen LogP) is 1.92. The number of guanidine groups is 1. The molecule has 1 aromatic heterocycles. The lowest BCUT2D eigenvalue weighted by molar-refractivity contribution is 0.377. The number of aryl methyl sites for hydroxylation is 1. The number of aromatic nitrogens is 3. The molecule has 6 nitrogen and oxygen atoms in total. The molecule has 0 radical (unpaired) electrons. The van der Waals surface area contributed by atoms with Crippen molar-refractivity contribution in [1.82, 2.24) is 25.4 Å². The second-order valence-electron chi connectivity index (χ2n) is 5.73. The molecule has 1 rings (SSSR count). The van der Waals surface area contributed by atoms with Crippen LogP contribution in [0.2, 0.25) is 0 Å². The molecule has 0 aliphatic carbocycles. The number of nitrogens with one attached hydrogen (secondary N) is 2. The fourth-order valence-corrected chi connectivity index (χ4v) is 1.51. The summed E-state index contributed by atoms with van der Waals surface area (Å²) in [5.74, 6) is 1.68. The van der Waals surface area contributed by atoms with Gasteiger partial charge in [-0.15, -0.1) is 24.0 Å². The Hall–Kier alpha value is -0.860. The molecule has 0 unspecified atom stereocenters. The topological polar surface area (TPSA) is 67.1 Å². The molecule has 0 spiro atoms. The van der Waals surface area contributed by atoms with Gasteiger partial charge >= 0.3 is 0 Å². The molecule has 0 atom stereocenters. The van der Waals surface area contributed by atoms with Gasteiger partial charge in [-0.1, -0.05) is 20.8 Å². The average molecular weight is 394 g/mol. The third kappa shape index (κ3) is 7.66. The van der Waals surface area contributed by atoms with Crippen molar-refractivity contribution in [3.8, 4) is 0 Å². The smallest absolute Gasteiger partial charge is 0.191 e. The van der Waals surface area contributed by atoms with Crippen molar-refractivity contribution in [3.05, 3.63) is 12.2 Å². The van der Waals surface area contributed by atoms with Crippen molar-refractivity contribution in [2.45, 2.75) is 40.7 Å². The van der Waals surface area contributed by atoms with E-state index in [1.54, 1.807) is 11.0 Å². The maximum Gasteiger partial charge on any atom is 0.191 e. The highest BCUT2D eigenvalue weighted by molar-refractivity contribution is 14.0. The van der Waals surface area contributed by atoms with Gasteiger partial charge in [0.1, 0.15) is 18.7 Å². The van der Waals surface area contributed by atoms with Crippen LogP contribution >= 0.6 is 24.0 Å². The van der Waals surface area contributed by atoms with Gasteiger partial charge in [-0.2, -0.15) is 5.10 Å². The fraction of sp³-hybridized carbons (Fsp3) is 0.769. The van der Waals surface area contributed by atoms with Gasteiger partial charge in [0.05, 0.1) is 0 Å². The van der Waals surface area contributed by atoms with Crippen molar-refractivity contribution >= 4 is 29.9 Å². The number of hydrogen-bond donors (Lipinski definition) is 2. The largest absolute Gasteiger partial charge is 0.357 e. The van der Waals surface area contributed by atoms with Gasteiger partial charge in [-0.3, -0.25) is 4.68 Å². The summed E-state index contributed by atoms with van der Waals surface area (Å²) in [6.07, 6.45) is 2.65. The fourth-order valence-electron chi connectivity index (χ4n) is 1.51. The molecular weight excluding hydrogens is 367 g/mol. The van der Waals surface area contributed by atoms with E-state index in [4.69, 9.17) is 0 Å². The Morgan fingerprint density at radius 3 is 2.55 bits per heavy atom. The first-order valence-corrected chi connectivity index (χ1v) is 6.77. The summed E-state index contributed by atoms with van der Waals surface area (Å²) in [6.45, 7) is 11.0. The highest BCUT2D eigenvalue weighted by atomic mass is 127. The molecule has 0 saturated heterocycles. The third-order valence-electron chi connectivity index (χ3n) is 2.70. The zero-order chi connectivity index (χ0) is 14.3. The Morgan fingerprint density at radius 2 is 2.05 bits per heavy atom. The van der Waals surface area contributed by atoms with E-state index in [1.807, 2.05) is 7.05 Å². The minimum Gasteiger partial charge on any atom is -0.357 e. The lowest BCUT2D eigenvalue weighted by atomic mass is 9.92. The van der Waals surface area contributed by atoms with Crippen molar-refractivity contribution in [1.29, 1.82) is 0 Å². The standard InChI is InChI=1S/C13H26N6.HI/c1-6-14-12(15-8-7-13(2,3)4)16-9-11-17-10-18-19(11)5;/h10H,6-9H2,1-5H3,(H2,14,15,16);1H. The maximum atomic E-state index is 4.51. The van der Waals surface area contributed by atoms with Crippen LogP contribution in [0.1, 0.15) is 39.9 Å². The molecule has 0 aliphatic rings. The summed E-state index contributed by atoms with van der Waals surface area (Å²) in [7, 11) is 1.87. The minimum atomic E-state index is 0. The van der Waals surface area contributed by atoms with Crippen molar-refractivity contribution in [3.63, 3.8) is 0 Å². The normalized spacial score (nSPS) is 11.9. The van der Waals surface area contributed by atoms with E-state index in [-0.39, 0.29) is 24.0 Å². The predicted molar refractivity (Wildman–Crippen MR) is 93.3 cm³/mol. The molecule has 0 fully saturated rings. The molecule has 116 valence electrons. The summed E-state index contributed by atoms with van der Waals surface area (Å²) >= 11 is 0. The number of halogens is 1. The number of hydrogen-bond acceptors (Lipinski definition) is 3. The summed E-state index contributed by atoms with van der Waals surface area (Å²) in [6, 6.07) is 0. The minimum absolute atomic E-state index is 0. The molecule has 0 bridgehead atoms. The monoisotopic (exact) mass is 394 g/mol. The van der Waals surface area contributed by atoms with Gasteiger partial charge in [-0.05, 0) is 18.8 Å². The van der Waals surface area contributed by atoms with Crippen LogP contribution in [0.15, 0.2) is 11.3 Å². The average Bonchev–Trinajstić information content (AvgIpc) is 2.70. The SMILES string of the molecule is CCNC(=NCc1ncnn1C)NCCC(C)(C)C.I. The van der Waals surface area contributed by atoms with Crippen molar-refractivity contribution in [2.24, 2.45) is 17.5 Å². The van der Waals surface area contributed by atoms with E-state index < -0.39 is 0 Å². The van der Waals surface area contributed by atoms with Crippen LogP contribution in [0.3, 0.4) is 0 Å². The van der Waals surface area contributed by atoms with Crippen LogP contribution in [0.5, 0.6) is 0 Å². The Morgan fingerprint density at radius 1 is 1.35 bits per heavy atom. The first kappa shape index (κ1) is 19.1. The van der Waals surface area contributed by atoms with E-state index in [9.17, 15) is 0 Å². The molecule has 7 heteroatoms. The maximum absolute atomic E-state index is 4.51. The lowest BCUT2D eigenvalue weighted by Gasteiger charge is -2.19. The van der Waals surface area contributed by atoms with Crippen LogP contribution in [0.25, 0.3) is 0 Å². The van der Waals surface area contributed by atoms with Gasteiger partial charge in [0.2, 0.25) is 0 Å². The number of nitrogens with zero attached hydrogens (tertiary/aromatic N) is 4. The first-order chi connectivity index (χ1) is 8.92. The van der Waals surface area contributed by atoms with E-state index in [0.29, 0.717) is 12.0 Å². The Kier molecular flexibility index (Phi) is 8.75. The van der Waals surface area contributed by atoms with Gasteiger partial charge in [0.15, 0.2) is 5.96 Å². The van der Waals surface area contributed by atoms with Crippen LogP contribution in [0, 0.1) is 5.41 Å². The van der Waals surface area contributed by atoms with E-state index in [2.05, 4.69) is 53.4 Å². The van der Waals surface area contributed by atoms with Crippen molar-refractivity contribution < 1.29 is 0 Å². The van der Waals surface area contributed by atoms with Gasteiger partial charge in [0.25, 0.3) is 0 Å². The van der Waals surface area contributed by atoms with E-state index in [0.717, 1.165) is 31.3 Å². The second-order valence-corrected chi connectivity index (χ2v) is 5.73. The summed E-state index contributed by atoms with van der Waals surface area (Å²) < 4.78 is 1.74. The molecule has 2 N–H and O–H groups in total. The Labute approximate surface area is 138 Å². The molecule has 0 aromatic carbocycles. The molecule has 0 amide bonds. The van der Waals surface area contributed by atoms with Gasteiger partial charge < -0.3 is 10.6 Å². The Bertz CT molecular complexity index is 407. The van der Waals surface area contributed by atoms with Crippen LogP contribution < -0.4 is 10.6 Å². The summed E-state index contributed by atoms with van der Waals surface area (Å²) in [5, 5.41) is 10.6. The van der Waals surface area contributed by atoms with Crippen LogP contribution in [-0.2, 0) is 13.6 Å². The van der Waals surface area contributed by atoms with Crippen LogP contribution in [-0.4, -0.2) is 33.8 Å². The first-order valence-electron chi connectivity index (χ1n) is 6.77.